The summed E-state index contributed by atoms with van der Waals surface area (Å²) in [6, 6.07) is 7.36. The number of aryl methyl sites for hydroxylation is 1. The first-order chi connectivity index (χ1) is 9.15. The van der Waals surface area contributed by atoms with E-state index in [1.165, 1.54) is 5.56 Å². The van der Waals surface area contributed by atoms with Gasteiger partial charge in [0.2, 0.25) is 11.8 Å². The summed E-state index contributed by atoms with van der Waals surface area (Å²) in [7, 11) is 0. The molecule has 0 bridgehead atoms. The Morgan fingerprint density at radius 3 is 2.74 bits per heavy atom. The summed E-state index contributed by atoms with van der Waals surface area (Å²) < 4.78 is 0. The predicted molar refractivity (Wildman–Crippen MR) is 73.9 cm³/mol. The van der Waals surface area contributed by atoms with E-state index in [1.807, 2.05) is 24.3 Å². The van der Waals surface area contributed by atoms with Crippen molar-refractivity contribution in [3.8, 4) is 0 Å². The summed E-state index contributed by atoms with van der Waals surface area (Å²) in [5.41, 5.74) is 1.20. The minimum Gasteiger partial charge on any atom is -0.354 e. The third-order valence-corrected chi connectivity index (χ3v) is 3.42. The first-order valence-electron chi connectivity index (χ1n) is 6.46. The Hall–Kier alpha value is -1.55. The fraction of sp³-hybridized carbons (Fsp3) is 0.429. The van der Waals surface area contributed by atoms with Gasteiger partial charge in [0.05, 0.1) is 0 Å². The number of hydrogen-bond donors (Lipinski definition) is 2. The van der Waals surface area contributed by atoms with E-state index in [0.717, 1.165) is 17.9 Å². The molecule has 0 aliphatic carbocycles. The summed E-state index contributed by atoms with van der Waals surface area (Å²) >= 11 is 5.81. The van der Waals surface area contributed by atoms with Crippen molar-refractivity contribution in [1.82, 2.24) is 10.6 Å². The van der Waals surface area contributed by atoms with Crippen LogP contribution < -0.4 is 10.6 Å². The molecule has 102 valence electrons. The molecule has 19 heavy (non-hydrogen) atoms. The van der Waals surface area contributed by atoms with E-state index < -0.39 is 0 Å². The zero-order valence-corrected chi connectivity index (χ0v) is 11.4. The zero-order chi connectivity index (χ0) is 13.7. The Bertz CT molecular complexity index is 459. The SMILES string of the molecule is O=C1CC[C@@H](C(=O)NCCCc2ccc(Cl)cc2)N1. The third-order valence-electron chi connectivity index (χ3n) is 3.17. The molecule has 1 heterocycles. The smallest absolute Gasteiger partial charge is 0.242 e. The molecule has 1 aliphatic heterocycles. The third kappa shape index (κ3) is 4.24. The molecule has 2 amide bonds. The second-order valence-electron chi connectivity index (χ2n) is 4.68. The lowest BCUT2D eigenvalue weighted by Gasteiger charge is -2.10. The quantitative estimate of drug-likeness (QED) is 0.806. The molecule has 0 saturated carbocycles. The molecule has 0 spiro atoms. The normalized spacial score (nSPS) is 18.2. The summed E-state index contributed by atoms with van der Waals surface area (Å²) in [4.78, 5) is 22.7. The van der Waals surface area contributed by atoms with Crippen LogP contribution in [-0.2, 0) is 16.0 Å². The maximum Gasteiger partial charge on any atom is 0.242 e. The maximum atomic E-state index is 11.7. The summed E-state index contributed by atoms with van der Waals surface area (Å²) in [6.07, 6.45) is 2.81. The van der Waals surface area contributed by atoms with Crippen LogP contribution in [0, 0.1) is 0 Å². The molecular weight excluding hydrogens is 264 g/mol. The van der Waals surface area contributed by atoms with Crippen molar-refractivity contribution >= 4 is 23.4 Å². The van der Waals surface area contributed by atoms with Crippen molar-refractivity contribution in [2.75, 3.05) is 6.54 Å². The highest BCUT2D eigenvalue weighted by Crippen LogP contribution is 2.11. The van der Waals surface area contributed by atoms with Crippen LogP contribution in [0.5, 0.6) is 0 Å². The van der Waals surface area contributed by atoms with Gasteiger partial charge in [0.15, 0.2) is 0 Å². The molecule has 0 aromatic heterocycles. The molecule has 4 nitrogen and oxygen atoms in total. The van der Waals surface area contributed by atoms with Gasteiger partial charge < -0.3 is 10.6 Å². The van der Waals surface area contributed by atoms with Crippen molar-refractivity contribution < 1.29 is 9.59 Å². The van der Waals surface area contributed by atoms with Gasteiger partial charge >= 0.3 is 0 Å². The first kappa shape index (κ1) is 13.9. The molecule has 1 aliphatic rings. The van der Waals surface area contributed by atoms with E-state index in [0.29, 0.717) is 19.4 Å². The van der Waals surface area contributed by atoms with Crippen LogP contribution in [0.4, 0.5) is 0 Å². The fourth-order valence-electron chi connectivity index (χ4n) is 2.09. The molecule has 0 radical (unpaired) electrons. The number of nitrogens with one attached hydrogen (secondary N) is 2. The van der Waals surface area contributed by atoms with E-state index in [2.05, 4.69) is 10.6 Å². The van der Waals surface area contributed by atoms with Gasteiger partial charge in [-0.15, -0.1) is 0 Å². The minimum atomic E-state index is -0.344. The number of carbonyl (C=O) groups is 2. The molecule has 0 unspecified atom stereocenters. The molecule has 1 saturated heterocycles. The van der Waals surface area contributed by atoms with Gasteiger partial charge in [0.1, 0.15) is 6.04 Å². The molecule has 2 rings (SSSR count). The summed E-state index contributed by atoms with van der Waals surface area (Å²) in [6.45, 7) is 0.619. The monoisotopic (exact) mass is 280 g/mol. The Labute approximate surface area is 117 Å². The minimum absolute atomic E-state index is 0.0404. The Kier molecular flexibility index (Phi) is 4.80. The Balaban J connectivity index is 1.65. The van der Waals surface area contributed by atoms with Gasteiger partial charge in [0, 0.05) is 18.0 Å². The summed E-state index contributed by atoms with van der Waals surface area (Å²) in [5.74, 6) is -0.122. The van der Waals surface area contributed by atoms with Gasteiger partial charge in [0.25, 0.3) is 0 Å². The second kappa shape index (κ2) is 6.57. The lowest BCUT2D eigenvalue weighted by Crippen LogP contribution is -2.41. The molecular formula is C14H17ClN2O2. The van der Waals surface area contributed by atoms with Crippen molar-refractivity contribution in [2.45, 2.75) is 31.7 Å². The molecule has 5 heteroatoms. The largest absolute Gasteiger partial charge is 0.354 e. The molecule has 1 aromatic rings. The van der Waals surface area contributed by atoms with Crippen LogP contribution in [0.2, 0.25) is 5.02 Å². The zero-order valence-electron chi connectivity index (χ0n) is 10.6. The van der Waals surface area contributed by atoms with Crippen LogP contribution >= 0.6 is 11.6 Å². The molecule has 1 fully saturated rings. The van der Waals surface area contributed by atoms with Gasteiger partial charge in [-0.05, 0) is 37.0 Å². The van der Waals surface area contributed by atoms with Gasteiger partial charge in [-0.3, -0.25) is 9.59 Å². The van der Waals surface area contributed by atoms with E-state index in [9.17, 15) is 9.59 Å². The van der Waals surface area contributed by atoms with Crippen LogP contribution in [0.15, 0.2) is 24.3 Å². The molecule has 2 N–H and O–H groups in total. The Morgan fingerprint density at radius 1 is 1.37 bits per heavy atom. The average molecular weight is 281 g/mol. The fourth-order valence-corrected chi connectivity index (χ4v) is 2.22. The predicted octanol–water partition coefficient (Wildman–Crippen LogP) is 1.67. The van der Waals surface area contributed by atoms with Crippen LogP contribution in [0.3, 0.4) is 0 Å². The van der Waals surface area contributed by atoms with E-state index in [1.54, 1.807) is 0 Å². The Morgan fingerprint density at radius 2 is 2.11 bits per heavy atom. The number of benzene rings is 1. The van der Waals surface area contributed by atoms with E-state index in [4.69, 9.17) is 11.6 Å². The number of hydrogen-bond acceptors (Lipinski definition) is 2. The number of halogens is 1. The lowest BCUT2D eigenvalue weighted by molar-refractivity contribution is -0.125. The second-order valence-corrected chi connectivity index (χ2v) is 5.12. The number of rotatable bonds is 5. The van der Waals surface area contributed by atoms with Crippen LogP contribution in [0.1, 0.15) is 24.8 Å². The lowest BCUT2D eigenvalue weighted by atomic mass is 10.1. The highest BCUT2D eigenvalue weighted by atomic mass is 35.5. The summed E-state index contributed by atoms with van der Waals surface area (Å²) in [5, 5.41) is 6.23. The highest BCUT2D eigenvalue weighted by Gasteiger charge is 2.26. The van der Waals surface area contributed by atoms with Crippen LogP contribution in [0.25, 0.3) is 0 Å². The van der Waals surface area contributed by atoms with Gasteiger partial charge in [-0.25, -0.2) is 0 Å². The topological polar surface area (TPSA) is 58.2 Å². The number of carbonyl (C=O) groups excluding carboxylic acids is 2. The van der Waals surface area contributed by atoms with Crippen molar-refractivity contribution in [3.63, 3.8) is 0 Å². The van der Waals surface area contributed by atoms with Crippen molar-refractivity contribution in [3.05, 3.63) is 34.9 Å². The van der Waals surface area contributed by atoms with Crippen molar-refractivity contribution in [1.29, 1.82) is 0 Å². The van der Waals surface area contributed by atoms with Gasteiger partial charge in [-0.2, -0.15) is 0 Å². The standard InChI is InChI=1S/C14H17ClN2O2/c15-11-5-3-10(4-6-11)2-1-9-16-14(19)12-7-8-13(18)17-12/h3-6,12H,1-2,7-9H2,(H,16,19)(H,17,18)/t12-/m0/s1. The highest BCUT2D eigenvalue weighted by molar-refractivity contribution is 6.30. The molecule has 1 atom stereocenters. The number of amides is 2. The van der Waals surface area contributed by atoms with Crippen LogP contribution in [-0.4, -0.2) is 24.4 Å². The average Bonchev–Trinajstić information content (AvgIpc) is 2.83. The van der Waals surface area contributed by atoms with E-state index in [-0.39, 0.29) is 17.9 Å². The van der Waals surface area contributed by atoms with Gasteiger partial charge in [-0.1, -0.05) is 23.7 Å². The van der Waals surface area contributed by atoms with Crippen molar-refractivity contribution in [2.24, 2.45) is 0 Å². The maximum absolute atomic E-state index is 11.7. The first-order valence-corrected chi connectivity index (χ1v) is 6.84. The molecule has 1 aromatic carbocycles. The van der Waals surface area contributed by atoms with E-state index >= 15 is 0 Å².